The molecule has 0 aromatic heterocycles. The van der Waals surface area contributed by atoms with Gasteiger partial charge in [-0.25, -0.2) is 0 Å². The molecule has 0 aromatic carbocycles. The maximum atomic E-state index is 5.52. The molecule has 1 fully saturated rings. The first-order valence-electron chi connectivity index (χ1n) is 4.09. The zero-order valence-corrected chi connectivity index (χ0v) is 6.89. The fraction of sp³-hybridized carbons (Fsp3) is 0.778. The Balaban J connectivity index is 2.34. The van der Waals surface area contributed by atoms with E-state index in [0.29, 0.717) is 12.0 Å². The van der Waals surface area contributed by atoms with Crippen LogP contribution in [0.3, 0.4) is 0 Å². The van der Waals surface area contributed by atoms with E-state index in [-0.39, 0.29) is 0 Å². The molecule has 1 saturated heterocycles. The fourth-order valence-electron chi connectivity index (χ4n) is 1.40. The van der Waals surface area contributed by atoms with E-state index in [1.165, 1.54) is 19.3 Å². The van der Waals surface area contributed by atoms with Gasteiger partial charge in [-0.15, -0.1) is 0 Å². The summed E-state index contributed by atoms with van der Waals surface area (Å²) in [7, 11) is 0. The number of hydrogen-bond acceptors (Lipinski definition) is 1. The molecule has 0 aromatic rings. The van der Waals surface area contributed by atoms with E-state index in [9.17, 15) is 0 Å². The summed E-state index contributed by atoms with van der Waals surface area (Å²) in [5, 5.41) is 0. The van der Waals surface area contributed by atoms with Crippen LogP contribution in [0.15, 0.2) is 12.3 Å². The Morgan fingerprint density at radius 3 is 2.80 bits per heavy atom. The largest absolute Gasteiger partial charge is 0.495 e. The van der Waals surface area contributed by atoms with Crippen LogP contribution >= 0.6 is 0 Å². The highest BCUT2D eigenvalue weighted by molar-refractivity contribution is 4.96. The van der Waals surface area contributed by atoms with Crippen molar-refractivity contribution in [1.29, 1.82) is 0 Å². The van der Waals surface area contributed by atoms with E-state index >= 15 is 0 Å². The van der Waals surface area contributed by atoms with Crippen molar-refractivity contribution in [2.75, 3.05) is 0 Å². The van der Waals surface area contributed by atoms with Gasteiger partial charge in [-0.1, -0.05) is 26.8 Å². The third-order valence-corrected chi connectivity index (χ3v) is 2.09. The van der Waals surface area contributed by atoms with Crippen molar-refractivity contribution in [3.05, 3.63) is 12.3 Å². The van der Waals surface area contributed by atoms with Crippen molar-refractivity contribution < 1.29 is 4.74 Å². The van der Waals surface area contributed by atoms with Crippen LogP contribution in [0.5, 0.6) is 0 Å². The molecule has 0 bridgehead atoms. The van der Waals surface area contributed by atoms with Crippen LogP contribution in [0.4, 0.5) is 0 Å². The topological polar surface area (TPSA) is 9.23 Å². The minimum absolute atomic E-state index is 0.465. The highest BCUT2D eigenvalue weighted by Gasteiger charge is 2.24. The Labute approximate surface area is 63.1 Å². The van der Waals surface area contributed by atoms with Crippen LogP contribution in [-0.4, -0.2) is 6.10 Å². The maximum absolute atomic E-state index is 5.52. The van der Waals surface area contributed by atoms with E-state index in [1.807, 2.05) is 0 Å². The number of rotatable bonds is 2. The monoisotopic (exact) mass is 140 g/mol. The predicted octanol–water partition coefficient (Wildman–Crippen LogP) is 2.73. The summed E-state index contributed by atoms with van der Waals surface area (Å²) >= 11 is 0. The molecular formula is C9H16O. The second-order valence-electron chi connectivity index (χ2n) is 3.13. The van der Waals surface area contributed by atoms with Crippen LogP contribution in [0.2, 0.25) is 0 Å². The molecule has 0 spiro atoms. The molecule has 2 unspecified atom stereocenters. The molecular weight excluding hydrogens is 124 g/mol. The van der Waals surface area contributed by atoms with Crippen molar-refractivity contribution in [2.24, 2.45) is 5.92 Å². The first-order chi connectivity index (χ1) is 4.74. The molecule has 0 aliphatic carbocycles. The average Bonchev–Trinajstić information content (AvgIpc) is 2.14. The van der Waals surface area contributed by atoms with Crippen LogP contribution in [0.1, 0.15) is 33.1 Å². The Kier molecular flexibility index (Phi) is 2.36. The summed E-state index contributed by atoms with van der Waals surface area (Å²) in [6, 6.07) is 0. The second kappa shape index (κ2) is 3.09. The molecule has 1 aliphatic rings. The van der Waals surface area contributed by atoms with Gasteiger partial charge in [0.2, 0.25) is 0 Å². The minimum Gasteiger partial charge on any atom is -0.495 e. The summed E-state index contributed by atoms with van der Waals surface area (Å²) in [5.74, 6) is 1.56. The summed E-state index contributed by atoms with van der Waals surface area (Å²) in [5.41, 5.74) is 0. The van der Waals surface area contributed by atoms with E-state index in [4.69, 9.17) is 4.74 Å². The molecule has 0 amide bonds. The molecule has 0 saturated carbocycles. The third kappa shape index (κ3) is 1.53. The van der Waals surface area contributed by atoms with Gasteiger partial charge in [0.05, 0.1) is 11.9 Å². The van der Waals surface area contributed by atoms with Crippen molar-refractivity contribution in [3.8, 4) is 0 Å². The first kappa shape index (κ1) is 7.64. The SMILES string of the molecule is C=C1OC(CCC)CC1C. The molecule has 10 heavy (non-hydrogen) atoms. The Morgan fingerprint density at radius 2 is 2.40 bits per heavy atom. The van der Waals surface area contributed by atoms with Crippen molar-refractivity contribution in [1.82, 2.24) is 0 Å². The first-order valence-corrected chi connectivity index (χ1v) is 4.09. The lowest BCUT2D eigenvalue weighted by molar-refractivity contribution is 0.151. The van der Waals surface area contributed by atoms with E-state index in [0.717, 1.165) is 5.76 Å². The molecule has 1 heterocycles. The van der Waals surface area contributed by atoms with Crippen LogP contribution in [0, 0.1) is 5.92 Å². The maximum Gasteiger partial charge on any atom is 0.0989 e. The van der Waals surface area contributed by atoms with Gasteiger partial charge in [0, 0.05) is 5.92 Å². The van der Waals surface area contributed by atoms with Crippen molar-refractivity contribution >= 4 is 0 Å². The molecule has 1 nitrogen and oxygen atoms in total. The van der Waals surface area contributed by atoms with Crippen LogP contribution in [-0.2, 0) is 4.74 Å². The molecule has 58 valence electrons. The Morgan fingerprint density at radius 1 is 1.70 bits per heavy atom. The van der Waals surface area contributed by atoms with Crippen LogP contribution in [0.25, 0.3) is 0 Å². The van der Waals surface area contributed by atoms with Gasteiger partial charge < -0.3 is 4.74 Å². The summed E-state index contributed by atoms with van der Waals surface area (Å²) in [6.07, 6.45) is 4.04. The minimum atomic E-state index is 0.465. The van der Waals surface area contributed by atoms with E-state index < -0.39 is 0 Å². The lowest BCUT2D eigenvalue weighted by Gasteiger charge is -2.06. The van der Waals surface area contributed by atoms with Gasteiger partial charge in [-0.3, -0.25) is 0 Å². The van der Waals surface area contributed by atoms with Gasteiger partial charge in [-0.05, 0) is 12.8 Å². The molecule has 1 heteroatoms. The van der Waals surface area contributed by atoms with Crippen LogP contribution < -0.4 is 0 Å². The smallest absolute Gasteiger partial charge is 0.0989 e. The summed E-state index contributed by atoms with van der Waals surface area (Å²) in [4.78, 5) is 0. The zero-order chi connectivity index (χ0) is 7.56. The normalized spacial score (nSPS) is 32.4. The summed E-state index contributed by atoms with van der Waals surface area (Å²) < 4.78 is 5.52. The highest BCUT2D eigenvalue weighted by atomic mass is 16.5. The fourth-order valence-corrected chi connectivity index (χ4v) is 1.40. The number of ether oxygens (including phenoxy) is 1. The molecule has 0 N–H and O–H groups in total. The lowest BCUT2D eigenvalue weighted by atomic mass is 10.0. The second-order valence-corrected chi connectivity index (χ2v) is 3.13. The molecule has 1 rings (SSSR count). The number of hydrogen-bond donors (Lipinski definition) is 0. The van der Waals surface area contributed by atoms with Gasteiger partial charge in [0.25, 0.3) is 0 Å². The predicted molar refractivity (Wildman–Crippen MR) is 42.7 cm³/mol. The zero-order valence-electron chi connectivity index (χ0n) is 6.89. The quantitative estimate of drug-likeness (QED) is 0.573. The average molecular weight is 140 g/mol. The highest BCUT2D eigenvalue weighted by Crippen LogP contribution is 2.29. The van der Waals surface area contributed by atoms with Gasteiger partial charge >= 0.3 is 0 Å². The van der Waals surface area contributed by atoms with Gasteiger partial charge in [-0.2, -0.15) is 0 Å². The standard InChI is InChI=1S/C9H16O/c1-4-5-9-6-7(2)8(3)10-9/h7,9H,3-6H2,1-2H3. The van der Waals surface area contributed by atoms with Gasteiger partial charge in [0.1, 0.15) is 0 Å². The summed E-state index contributed by atoms with van der Waals surface area (Å²) in [6.45, 7) is 8.21. The molecule has 1 aliphatic heterocycles. The third-order valence-electron chi connectivity index (χ3n) is 2.09. The van der Waals surface area contributed by atoms with Gasteiger partial charge in [0.15, 0.2) is 0 Å². The van der Waals surface area contributed by atoms with E-state index in [1.54, 1.807) is 0 Å². The lowest BCUT2D eigenvalue weighted by Crippen LogP contribution is -2.02. The Hall–Kier alpha value is -0.460. The van der Waals surface area contributed by atoms with E-state index in [2.05, 4.69) is 20.4 Å². The molecule has 0 radical (unpaired) electrons. The number of allylic oxidation sites excluding steroid dienone is 1. The van der Waals surface area contributed by atoms with Crippen molar-refractivity contribution in [3.63, 3.8) is 0 Å². The molecule has 2 atom stereocenters. The Bertz CT molecular complexity index is 129. The van der Waals surface area contributed by atoms with Crippen molar-refractivity contribution in [2.45, 2.75) is 39.2 Å².